The number of benzene rings is 1. The summed E-state index contributed by atoms with van der Waals surface area (Å²) < 4.78 is 20.6. The molecular formula is C16H24O6. The van der Waals surface area contributed by atoms with Crippen molar-refractivity contribution >= 4 is 6.16 Å². The maximum atomic E-state index is 11.6. The molecule has 1 aromatic carbocycles. The van der Waals surface area contributed by atoms with Crippen LogP contribution in [0.2, 0.25) is 0 Å². The van der Waals surface area contributed by atoms with Crippen molar-refractivity contribution in [1.29, 1.82) is 0 Å². The van der Waals surface area contributed by atoms with Crippen LogP contribution in [0.3, 0.4) is 0 Å². The SMILES string of the molecule is COc1ccc(C[C@@H](CO)OC(=O)OC(C)(C)C)cc1OC. The van der Waals surface area contributed by atoms with Crippen molar-refractivity contribution in [1.82, 2.24) is 0 Å². The average molecular weight is 312 g/mol. The summed E-state index contributed by atoms with van der Waals surface area (Å²) in [6.45, 7) is 4.94. The Morgan fingerprint density at radius 3 is 2.32 bits per heavy atom. The van der Waals surface area contributed by atoms with Crippen LogP contribution in [0.15, 0.2) is 18.2 Å². The fourth-order valence-electron chi connectivity index (χ4n) is 1.82. The van der Waals surface area contributed by atoms with Crippen molar-refractivity contribution in [3.05, 3.63) is 23.8 Å². The fourth-order valence-corrected chi connectivity index (χ4v) is 1.82. The van der Waals surface area contributed by atoms with Gasteiger partial charge in [0.2, 0.25) is 0 Å². The number of aliphatic hydroxyl groups excluding tert-OH is 1. The van der Waals surface area contributed by atoms with Gasteiger partial charge in [-0.15, -0.1) is 0 Å². The second-order valence-corrected chi connectivity index (χ2v) is 5.78. The molecule has 0 aliphatic carbocycles. The molecule has 1 atom stereocenters. The Bertz CT molecular complexity index is 492. The van der Waals surface area contributed by atoms with Crippen molar-refractivity contribution < 1.29 is 28.8 Å². The Morgan fingerprint density at radius 1 is 1.18 bits per heavy atom. The Morgan fingerprint density at radius 2 is 1.82 bits per heavy atom. The number of methoxy groups -OCH3 is 2. The van der Waals surface area contributed by atoms with Gasteiger partial charge in [0, 0.05) is 6.42 Å². The predicted molar refractivity (Wildman–Crippen MR) is 81.4 cm³/mol. The quantitative estimate of drug-likeness (QED) is 0.814. The number of hydrogen-bond acceptors (Lipinski definition) is 6. The smallest absolute Gasteiger partial charge is 0.493 e. The van der Waals surface area contributed by atoms with Gasteiger partial charge in [0.1, 0.15) is 11.7 Å². The molecule has 0 saturated heterocycles. The molecule has 0 spiro atoms. The number of carbonyl (C=O) groups is 1. The number of carbonyl (C=O) groups excluding carboxylic acids is 1. The van der Waals surface area contributed by atoms with Crippen LogP contribution in [0.5, 0.6) is 11.5 Å². The second kappa shape index (κ2) is 7.89. The van der Waals surface area contributed by atoms with Gasteiger partial charge in [-0.1, -0.05) is 6.07 Å². The molecule has 22 heavy (non-hydrogen) atoms. The topological polar surface area (TPSA) is 74.2 Å². The third kappa shape index (κ3) is 5.81. The van der Waals surface area contributed by atoms with Crippen LogP contribution in [-0.4, -0.2) is 43.8 Å². The van der Waals surface area contributed by atoms with Crippen LogP contribution in [0, 0.1) is 0 Å². The summed E-state index contributed by atoms with van der Waals surface area (Å²) in [5.41, 5.74) is 0.209. The highest BCUT2D eigenvalue weighted by Gasteiger charge is 2.21. The number of ether oxygens (including phenoxy) is 4. The normalized spacial score (nSPS) is 12.5. The van der Waals surface area contributed by atoms with Crippen molar-refractivity contribution in [2.24, 2.45) is 0 Å². The van der Waals surface area contributed by atoms with E-state index < -0.39 is 17.9 Å². The molecule has 0 aliphatic heterocycles. The Labute approximate surface area is 130 Å². The van der Waals surface area contributed by atoms with Gasteiger partial charge in [0.15, 0.2) is 11.5 Å². The summed E-state index contributed by atoms with van der Waals surface area (Å²) in [6, 6.07) is 5.36. The Hall–Kier alpha value is -1.95. The Balaban J connectivity index is 2.72. The first-order valence-corrected chi connectivity index (χ1v) is 7.00. The van der Waals surface area contributed by atoms with Gasteiger partial charge in [0.25, 0.3) is 0 Å². The molecule has 0 heterocycles. The van der Waals surface area contributed by atoms with Gasteiger partial charge >= 0.3 is 6.16 Å². The van der Waals surface area contributed by atoms with E-state index in [0.717, 1.165) is 5.56 Å². The highest BCUT2D eigenvalue weighted by molar-refractivity contribution is 5.60. The van der Waals surface area contributed by atoms with E-state index in [1.807, 2.05) is 6.07 Å². The molecule has 1 aromatic rings. The van der Waals surface area contributed by atoms with Crippen LogP contribution in [0.1, 0.15) is 26.3 Å². The summed E-state index contributed by atoms with van der Waals surface area (Å²) in [5.74, 6) is 1.19. The zero-order valence-corrected chi connectivity index (χ0v) is 13.7. The van der Waals surface area contributed by atoms with E-state index in [9.17, 15) is 9.90 Å². The molecule has 6 nitrogen and oxygen atoms in total. The maximum absolute atomic E-state index is 11.6. The third-order valence-electron chi connectivity index (χ3n) is 2.77. The molecule has 0 fully saturated rings. The molecule has 124 valence electrons. The van der Waals surface area contributed by atoms with E-state index in [1.165, 1.54) is 0 Å². The lowest BCUT2D eigenvalue weighted by atomic mass is 10.1. The van der Waals surface area contributed by atoms with Crippen molar-refractivity contribution in [2.45, 2.75) is 38.9 Å². The largest absolute Gasteiger partial charge is 0.509 e. The molecule has 0 unspecified atom stereocenters. The summed E-state index contributed by atoms with van der Waals surface area (Å²) in [6.07, 6.45) is -1.14. The molecule has 0 amide bonds. The van der Waals surface area contributed by atoms with Crippen LogP contribution >= 0.6 is 0 Å². The standard InChI is InChI=1S/C16H24O6/c1-16(2,3)22-15(18)21-12(10-17)8-11-6-7-13(19-4)14(9-11)20-5/h6-7,9,12,17H,8,10H2,1-5H3/t12-/m0/s1. The van der Waals surface area contributed by atoms with Crippen molar-refractivity contribution in [3.8, 4) is 11.5 Å². The van der Waals surface area contributed by atoms with E-state index in [4.69, 9.17) is 18.9 Å². The zero-order valence-electron chi connectivity index (χ0n) is 13.7. The monoisotopic (exact) mass is 312 g/mol. The first-order valence-electron chi connectivity index (χ1n) is 7.00. The van der Waals surface area contributed by atoms with E-state index in [1.54, 1.807) is 47.1 Å². The molecule has 0 saturated carbocycles. The van der Waals surface area contributed by atoms with Crippen molar-refractivity contribution in [2.75, 3.05) is 20.8 Å². The van der Waals surface area contributed by atoms with E-state index >= 15 is 0 Å². The highest BCUT2D eigenvalue weighted by atomic mass is 16.7. The molecule has 1 rings (SSSR count). The van der Waals surface area contributed by atoms with Gasteiger partial charge in [-0.25, -0.2) is 4.79 Å². The lowest BCUT2D eigenvalue weighted by Gasteiger charge is -2.22. The van der Waals surface area contributed by atoms with Gasteiger partial charge in [0.05, 0.1) is 20.8 Å². The number of hydrogen-bond donors (Lipinski definition) is 1. The maximum Gasteiger partial charge on any atom is 0.509 e. The summed E-state index contributed by atoms with van der Waals surface area (Å²) in [4.78, 5) is 11.6. The van der Waals surface area contributed by atoms with E-state index in [0.29, 0.717) is 17.9 Å². The molecule has 6 heteroatoms. The lowest BCUT2D eigenvalue weighted by molar-refractivity contribution is -0.0375. The minimum atomic E-state index is -0.799. The molecule has 1 N–H and O–H groups in total. The molecular weight excluding hydrogens is 288 g/mol. The van der Waals surface area contributed by atoms with E-state index in [2.05, 4.69) is 0 Å². The van der Waals surface area contributed by atoms with Crippen LogP contribution in [0.25, 0.3) is 0 Å². The summed E-state index contributed by atoms with van der Waals surface area (Å²) in [7, 11) is 3.10. The molecule has 0 aromatic heterocycles. The van der Waals surface area contributed by atoms with Gasteiger partial charge in [-0.2, -0.15) is 0 Å². The van der Waals surface area contributed by atoms with Crippen LogP contribution < -0.4 is 9.47 Å². The Kier molecular flexibility index (Phi) is 6.49. The molecule has 0 radical (unpaired) electrons. The summed E-state index contributed by atoms with van der Waals surface area (Å²) in [5, 5.41) is 9.37. The minimum Gasteiger partial charge on any atom is -0.493 e. The molecule has 0 bridgehead atoms. The first-order chi connectivity index (χ1) is 10.3. The number of aliphatic hydroxyl groups is 1. The minimum absolute atomic E-state index is 0.298. The number of rotatable bonds is 6. The van der Waals surface area contributed by atoms with Gasteiger partial charge in [-0.05, 0) is 38.5 Å². The lowest BCUT2D eigenvalue weighted by Crippen LogP contribution is -2.30. The van der Waals surface area contributed by atoms with E-state index in [-0.39, 0.29) is 6.61 Å². The zero-order chi connectivity index (χ0) is 16.8. The third-order valence-corrected chi connectivity index (χ3v) is 2.77. The first kappa shape index (κ1) is 18.1. The fraction of sp³-hybridized carbons (Fsp3) is 0.562. The van der Waals surface area contributed by atoms with Gasteiger partial charge < -0.3 is 24.1 Å². The predicted octanol–water partition coefficient (Wildman–Crippen LogP) is 2.56. The van der Waals surface area contributed by atoms with Crippen molar-refractivity contribution in [3.63, 3.8) is 0 Å². The molecule has 0 aliphatic rings. The van der Waals surface area contributed by atoms with Crippen LogP contribution in [0.4, 0.5) is 4.79 Å². The highest BCUT2D eigenvalue weighted by Crippen LogP contribution is 2.28. The average Bonchev–Trinajstić information content (AvgIpc) is 2.44. The second-order valence-electron chi connectivity index (χ2n) is 5.78. The van der Waals surface area contributed by atoms with Crippen LogP contribution in [-0.2, 0) is 15.9 Å². The summed E-state index contributed by atoms with van der Waals surface area (Å²) >= 11 is 0. The van der Waals surface area contributed by atoms with Gasteiger partial charge in [-0.3, -0.25) is 0 Å².